The van der Waals surface area contributed by atoms with Gasteiger partial charge in [0.15, 0.2) is 6.61 Å². The van der Waals surface area contributed by atoms with E-state index in [1.54, 1.807) is 18.2 Å². The molecule has 0 atom stereocenters. The molecule has 2 aromatic rings. The highest BCUT2D eigenvalue weighted by Gasteiger charge is 2.21. The summed E-state index contributed by atoms with van der Waals surface area (Å²) >= 11 is 5.92. The van der Waals surface area contributed by atoms with Crippen molar-refractivity contribution in [3.63, 3.8) is 0 Å². The minimum atomic E-state index is -3.84. The highest BCUT2D eigenvalue weighted by molar-refractivity contribution is 7.89. The van der Waals surface area contributed by atoms with Gasteiger partial charge in [0, 0.05) is 5.56 Å². The zero-order valence-corrected chi connectivity index (χ0v) is 15.6. The van der Waals surface area contributed by atoms with Crippen molar-refractivity contribution >= 4 is 33.4 Å². The summed E-state index contributed by atoms with van der Waals surface area (Å²) in [6, 6.07) is 10.2. The fraction of sp³-hybridized carbons (Fsp3) is 0.176. The van der Waals surface area contributed by atoms with Crippen molar-refractivity contribution < 1.29 is 27.5 Å². The van der Waals surface area contributed by atoms with Crippen LogP contribution in [0, 0.1) is 0 Å². The van der Waals surface area contributed by atoms with Crippen LogP contribution >= 0.6 is 11.6 Å². The maximum atomic E-state index is 12.2. The third-order valence-electron chi connectivity index (χ3n) is 3.47. The molecule has 2 aromatic carbocycles. The van der Waals surface area contributed by atoms with Crippen molar-refractivity contribution in [1.82, 2.24) is 4.72 Å². The molecule has 0 aliphatic heterocycles. The molecule has 0 unspecified atom stereocenters. The zero-order chi connectivity index (χ0) is 19.3. The summed E-state index contributed by atoms with van der Waals surface area (Å²) in [4.78, 5) is 24.0. The summed E-state index contributed by atoms with van der Waals surface area (Å²) in [6.07, 6.45) is 0. The molecule has 26 heavy (non-hydrogen) atoms. The van der Waals surface area contributed by atoms with E-state index in [0.29, 0.717) is 0 Å². The van der Waals surface area contributed by atoms with Crippen molar-refractivity contribution in [2.24, 2.45) is 0 Å². The van der Waals surface area contributed by atoms with Crippen LogP contribution in [0.2, 0.25) is 5.02 Å². The Morgan fingerprint density at radius 2 is 1.85 bits per heavy atom. The van der Waals surface area contributed by atoms with Crippen LogP contribution in [0.3, 0.4) is 0 Å². The Balaban J connectivity index is 2.19. The maximum absolute atomic E-state index is 12.2. The van der Waals surface area contributed by atoms with E-state index in [-0.39, 0.29) is 26.8 Å². The molecule has 7 nitrogen and oxygen atoms in total. The molecule has 0 saturated heterocycles. The number of methoxy groups -OCH3 is 1. The molecule has 0 spiro atoms. The minimum absolute atomic E-state index is 0.0356. The number of nitrogens with one attached hydrogen (secondary N) is 1. The number of ketones is 1. The Labute approximate surface area is 155 Å². The number of carbonyl (C=O) groups is 2. The van der Waals surface area contributed by atoms with Gasteiger partial charge in [-0.15, -0.1) is 0 Å². The number of hydrogen-bond donors (Lipinski definition) is 1. The molecule has 2 rings (SSSR count). The van der Waals surface area contributed by atoms with E-state index in [2.05, 4.69) is 4.72 Å². The first-order valence-electron chi connectivity index (χ1n) is 7.36. The fourth-order valence-electron chi connectivity index (χ4n) is 2.10. The van der Waals surface area contributed by atoms with E-state index in [4.69, 9.17) is 21.1 Å². The molecule has 0 amide bonds. The number of Topliss-reactive ketones (excluding diaryl/α,β-unsaturated/α-hetero) is 1. The van der Waals surface area contributed by atoms with E-state index < -0.39 is 28.4 Å². The Hall–Kier alpha value is -2.42. The third-order valence-corrected chi connectivity index (χ3v) is 5.23. The van der Waals surface area contributed by atoms with Crippen LogP contribution in [0.4, 0.5) is 0 Å². The monoisotopic (exact) mass is 397 g/mol. The normalized spacial score (nSPS) is 11.0. The summed E-state index contributed by atoms with van der Waals surface area (Å²) < 4.78 is 36.2. The third kappa shape index (κ3) is 4.40. The van der Waals surface area contributed by atoms with Gasteiger partial charge in [-0.05, 0) is 37.4 Å². The summed E-state index contributed by atoms with van der Waals surface area (Å²) in [5, 5.41) is 0.250. The fourth-order valence-corrected chi connectivity index (χ4v) is 3.26. The smallest absolute Gasteiger partial charge is 0.338 e. The Kier molecular flexibility index (Phi) is 6.36. The van der Waals surface area contributed by atoms with E-state index in [1.165, 1.54) is 32.4 Å². The van der Waals surface area contributed by atoms with Gasteiger partial charge >= 0.3 is 5.97 Å². The van der Waals surface area contributed by atoms with E-state index in [1.807, 2.05) is 0 Å². The molecule has 1 N–H and O–H groups in total. The number of sulfonamides is 1. The first-order valence-corrected chi connectivity index (χ1v) is 9.22. The molecule has 0 saturated carbocycles. The second kappa shape index (κ2) is 8.31. The Morgan fingerprint density at radius 1 is 1.15 bits per heavy atom. The van der Waals surface area contributed by atoms with Crippen molar-refractivity contribution in [2.45, 2.75) is 4.90 Å². The average Bonchev–Trinajstić information content (AvgIpc) is 2.65. The highest BCUT2D eigenvalue weighted by Crippen LogP contribution is 2.25. The molecule has 0 bridgehead atoms. The second-order valence-corrected chi connectivity index (χ2v) is 7.31. The average molecular weight is 398 g/mol. The molecule has 0 heterocycles. The lowest BCUT2D eigenvalue weighted by Gasteiger charge is -2.11. The number of rotatable bonds is 7. The van der Waals surface area contributed by atoms with E-state index >= 15 is 0 Å². The molecule has 0 aliphatic carbocycles. The largest absolute Gasteiger partial charge is 0.495 e. The summed E-state index contributed by atoms with van der Waals surface area (Å²) in [5.41, 5.74) is 0.196. The van der Waals surface area contributed by atoms with Gasteiger partial charge in [0.05, 0.1) is 17.7 Å². The van der Waals surface area contributed by atoms with Crippen LogP contribution in [0.15, 0.2) is 47.4 Å². The Morgan fingerprint density at radius 3 is 2.46 bits per heavy atom. The summed E-state index contributed by atoms with van der Waals surface area (Å²) in [5.74, 6) is -1.25. The lowest BCUT2D eigenvalue weighted by atomic mass is 10.1. The van der Waals surface area contributed by atoms with Crippen LogP contribution in [0.1, 0.15) is 20.7 Å². The van der Waals surface area contributed by atoms with Crippen molar-refractivity contribution in [2.75, 3.05) is 20.8 Å². The van der Waals surface area contributed by atoms with Gasteiger partial charge < -0.3 is 9.47 Å². The van der Waals surface area contributed by atoms with Gasteiger partial charge in [-0.1, -0.05) is 23.7 Å². The molecule has 0 fully saturated rings. The summed E-state index contributed by atoms with van der Waals surface area (Å²) in [7, 11) is -1.30. The van der Waals surface area contributed by atoms with Gasteiger partial charge in [-0.25, -0.2) is 17.9 Å². The van der Waals surface area contributed by atoms with Gasteiger partial charge in [-0.2, -0.15) is 0 Å². The molecular weight excluding hydrogens is 382 g/mol. The first-order chi connectivity index (χ1) is 12.3. The molecule has 0 aliphatic rings. The van der Waals surface area contributed by atoms with Crippen LogP contribution < -0.4 is 9.46 Å². The van der Waals surface area contributed by atoms with E-state index in [9.17, 15) is 18.0 Å². The number of carbonyl (C=O) groups excluding carboxylic acids is 2. The Bertz CT molecular complexity index is 942. The molecule has 0 aromatic heterocycles. The second-order valence-electron chi connectivity index (χ2n) is 5.05. The van der Waals surface area contributed by atoms with Gasteiger partial charge in [0.2, 0.25) is 15.8 Å². The molecule has 9 heteroatoms. The quantitative estimate of drug-likeness (QED) is 0.568. The molecular formula is C17H16ClNO6S. The minimum Gasteiger partial charge on any atom is -0.495 e. The van der Waals surface area contributed by atoms with Crippen LogP contribution in [0.5, 0.6) is 5.75 Å². The van der Waals surface area contributed by atoms with E-state index in [0.717, 1.165) is 6.07 Å². The first kappa shape index (κ1) is 19.9. The van der Waals surface area contributed by atoms with Gasteiger partial charge in [-0.3, -0.25) is 4.79 Å². The SMILES string of the molecule is CNS(=O)(=O)c1cc(C(=O)OCC(=O)c2ccccc2Cl)ccc1OC. The lowest BCUT2D eigenvalue weighted by molar-refractivity contribution is 0.0474. The molecule has 0 radical (unpaired) electrons. The lowest BCUT2D eigenvalue weighted by Crippen LogP contribution is -2.20. The predicted octanol–water partition coefficient (Wildman–Crippen LogP) is 2.30. The number of hydrogen-bond acceptors (Lipinski definition) is 6. The van der Waals surface area contributed by atoms with Crippen LogP contribution in [-0.2, 0) is 14.8 Å². The summed E-state index contributed by atoms with van der Waals surface area (Å²) in [6.45, 7) is -0.525. The van der Waals surface area contributed by atoms with Crippen molar-refractivity contribution in [3.05, 3.63) is 58.6 Å². The predicted molar refractivity (Wildman–Crippen MR) is 95.3 cm³/mol. The number of benzene rings is 2. The zero-order valence-electron chi connectivity index (χ0n) is 14.0. The standard InChI is InChI=1S/C17H16ClNO6S/c1-19-26(22,23)16-9-11(7-8-15(16)24-2)17(21)25-10-14(20)12-5-3-4-6-13(12)18/h3-9,19H,10H2,1-2H3. The number of ether oxygens (including phenoxy) is 2. The van der Waals surface area contributed by atoms with Gasteiger partial charge in [0.1, 0.15) is 10.6 Å². The van der Waals surface area contributed by atoms with Crippen molar-refractivity contribution in [3.8, 4) is 5.75 Å². The molecule has 138 valence electrons. The van der Waals surface area contributed by atoms with Crippen LogP contribution in [0.25, 0.3) is 0 Å². The van der Waals surface area contributed by atoms with Gasteiger partial charge in [0.25, 0.3) is 0 Å². The van der Waals surface area contributed by atoms with Crippen LogP contribution in [-0.4, -0.2) is 40.9 Å². The maximum Gasteiger partial charge on any atom is 0.338 e. The van der Waals surface area contributed by atoms with Crippen molar-refractivity contribution in [1.29, 1.82) is 0 Å². The number of halogens is 1. The highest BCUT2D eigenvalue weighted by atomic mass is 35.5. The topological polar surface area (TPSA) is 98.8 Å². The number of esters is 1.